The summed E-state index contributed by atoms with van der Waals surface area (Å²) in [5.41, 5.74) is 5.55. The molecule has 0 spiro atoms. The van der Waals surface area contributed by atoms with E-state index < -0.39 is 12.0 Å². The second kappa shape index (κ2) is 5.16. The number of esters is 1. The number of rotatable bonds is 4. The highest BCUT2D eigenvalue weighted by Gasteiger charge is 2.24. The predicted octanol–water partition coefficient (Wildman–Crippen LogP) is -0.360. The van der Waals surface area contributed by atoms with Gasteiger partial charge in [0.15, 0.2) is 6.29 Å². The third kappa shape index (κ3) is 3.30. The molecular formula is C8H15NO4. The van der Waals surface area contributed by atoms with Gasteiger partial charge in [-0.2, -0.15) is 0 Å². The molecule has 0 amide bonds. The van der Waals surface area contributed by atoms with Crippen LogP contribution in [0.2, 0.25) is 0 Å². The Kier molecular flexibility index (Phi) is 4.14. The first kappa shape index (κ1) is 10.4. The number of hydrogen-bond donors (Lipinski definition) is 1. The van der Waals surface area contributed by atoms with E-state index in [0.29, 0.717) is 26.2 Å². The van der Waals surface area contributed by atoms with Crippen LogP contribution in [0, 0.1) is 0 Å². The molecule has 0 radical (unpaired) electrons. The van der Waals surface area contributed by atoms with Crippen LogP contribution < -0.4 is 5.73 Å². The molecule has 0 aliphatic carbocycles. The lowest BCUT2D eigenvalue weighted by Gasteiger charge is -2.13. The topological polar surface area (TPSA) is 70.8 Å². The Balaban J connectivity index is 2.22. The normalized spacial score (nSPS) is 20.2. The Labute approximate surface area is 77.1 Å². The van der Waals surface area contributed by atoms with Crippen LogP contribution in [-0.4, -0.2) is 38.1 Å². The van der Waals surface area contributed by atoms with E-state index in [1.165, 1.54) is 0 Å². The number of carbonyl (C=O) groups is 1. The maximum absolute atomic E-state index is 11.1. The highest BCUT2D eigenvalue weighted by Crippen LogP contribution is 2.09. The van der Waals surface area contributed by atoms with Crippen molar-refractivity contribution in [2.75, 3.05) is 19.8 Å². The van der Waals surface area contributed by atoms with Crippen LogP contribution in [0.25, 0.3) is 0 Å². The summed E-state index contributed by atoms with van der Waals surface area (Å²) in [6.45, 7) is 3.23. The molecule has 0 unspecified atom stereocenters. The monoisotopic (exact) mass is 189 g/mol. The lowest BCUT2D eigenvalue weighted by atomic mass is 10.2. The molecule has 1 atom stereocenters. The minimum Gasteiger partial charge on any atom is -0.465 e. The second-order valence-electron chi connectivity index (χ2n) is 2.77. The number of carbonyl (C=O) groups excluding carboxylic acids is 1. The van der Waals surface area contributed by atoms with Gasteiger partial charge in [0.05, 0.1) is 19.8 Å². The number of hydrogen-bond acceptors (Lipinski definition) is 5. The standard InChI is InChI=1S/C8H15NO4/c1-2-11-8(10)6(9)5-7-12-3-4-13-7/h6-7H,2-5,9H2,1H3/t6-/m0/s1. The summed E-state index contributed by atoms with van der Waals surface area (Å²) in [7, 11) is 0. The molecule has 0 saturated carbocycles. The van der Waals surface area contributed by atoms with E-state index in [-0.39, 0.29) is 6.29 Å². The van der Waals surface area contributed by atoms with Crippen molar-refractivity contribution in [3.8, 4) is 0 Å². The third-order valence-corrected chi connectivity index (χ3v) is 1.73. The van der Waals surface area contributed by atoms with E-state index in [0.717, 1.165) is 0 Å². The highest BCUT2D eigenvalue weighted by molar-refractivity contribution is 5.75. The Morgan fingerprint density at radius 3 is 2.77 bits per heavy atom. The van der Waals surface area contributed by atoms with Gasteiger partial charge in [-0.15, -0.1) is 0 Å². The average molecular weight is 189 g/mol. The van der Waals surface area contributed by atoms with Crippen molar-refractivity contribution >= 4 is 5.97 Å². The molecule has 5 heteroatoms. The van der Waals surface area contributed by atoms with E-state index in [9.17, 15) is 4.79 Å². The molecule has 1 rings (SSSR count). The minimum absolute atomic E-state index is 0.346. The molecule has 1 aliphatic rings. The molecule has 0 aromatic heterocycles. The maximum Gasteiger partial charge on any atom is 0.323 e. The van der Waals surface area contributed by atoms with Crippen LogP contribution in [0.15, 0.2) is 0 Å². The molecule has 76 valence electrons. The minimum atomic E-state index is -0.650. The van der Waals surface area contributed by atoms with Gasteiger partial charge in [-0.1, -0.05) is 0 Å². The first-order valence-electron chi connectivity index (χ1n) is 4.39. The van der Waals surface area contributed by atoms with Crippen molar-refractivity contribution in [1.29, 1.82) is 0 Å². The van der Waals surface area contributed by atoms with Crippen molar-refractivity contribution in [3.63, 3.8) is 0 Å². The van der Waals surface area contributed by atoms with Crippen LogP contribution in [0.1, 0.15) is 13.3 Å². The van der Waals surface area contributed by atoms with Gasteiger partial charge in [0, 0.05) is 6.42 Å². The fourth-order valence-electron chi connectivity index (χ4n) is 1.10. The smallest absolute Gasteiger partial charge is 0.323 e. The summed E-state index contributed by atoms with van der Waals surface area (Å²) in [5, 5.41) is 0. The van der Waals surface area contributed by atoms with Crippen molar-refractivity contribution in [2.24, 2.45) is 5.73 Å². The quantitative estimate of drug-likeness (QED) is 0.611. The van der Waals surface area contributed by atoms with Crippen molar-refractivity contribution in [3.05, 3.63) is 0 Å². The molecule has 13 heavy (non-hydrogen) atoms. The zero-order valence-electron chi connectivity index (χ0n) is 7.69. The molecular weight excluding hydrogens is 174 g/mol. The van der Waals surface area contributed by atoms with Crippen molar-refractivity contribution in [1.82, 2.24) is 0 Å². The van der Waals surface area contributed by atoms with Gasteiger partial charge >= 0.3 is 5.97 Å². The second-order valence-corrected chi connectivity index (χ2v) is 2.77. The first-order chi connectivity index (χ1) is 6.24. The van der Waals surface area contributed by atoms with Gasteiger partial charge in [0.25, 0.3) is 0 Å². The van der Waals surface area contributed by atoms with E-state index in [1.807, 2.05) is 0 Å². The maximum atomic E-state index is 11.1. The Bertz CT molecular complexity index is 168. The van der Waals surface area contributed by atoms with Gasteiger partial charge < -0.3 is 19.9 Å². The van der Waals surface area contributed by atoms with Gasteiger partial charge in [-0.3, -0.25) is 4.79 Å². The summed E-state index contributed by atoms with van der Waals surface area (Å²) in [5.74, 6) is -0.401. The van der Waals surface area contributed by atoms with Crippen LogP contribution >= 0.6 is 0 Å². The van der Waals surface area contributed by atoms with E-state index in [2.05, 4.69) is 0 Å². The van der Waals surface area contributed by atoms with Crippen LogP contribution in [0.3, 0.4) is 0 Å². The van der Waals surface area contributed by atoms with Crippen LogP contribution in [0.4, 0.5) is 0 Å². The molecule has 1 aliphatic heterocycles. The Hall–Kier alpha value is -0.650. The Morgan fingerprint density at radius 2 is 2.23 bits per heavy atom. The molecule has 1 heterocycles. The molecule has 5 nitrogen and oxygen atoms in total. The first-order valence-corrected chi connectivity index (χ1v) is 4.39. The molecule has 1 saturated heterocycles. The average Bonchev–Trinajstić information content (AvgIpc) is 2.57. The molecule has 0 aromatic carbocycles. The van der Waals surface area contributed by atoms with Crippen LogP contribution in [0.5, 0.6) is 0 Å². The van der Waals surface area contributed by atoms with Crippen molar-refractivity contribution in [2.45, 2.75) is 25.7 Å². The summed E-state index contributed by atoms with van der Waals surface area (Å²) in [4.78, 5) is 11.1. The highest BCUT2D eigenvalue weighted by atomic mass is 16.7. The summed E-state index contributed by atoms with van der Waals surface area (Å²) < 4.78 is 15.0. The fraction of sp³-hybridized carbons (Fsp3) is 0.875. The lowest BCUT2D eigenvalue weighted by Crippen LogP contribution is -2.36. The van der Waals surface area contributed by atoms with E-state index in [1.54, 1.807) is 6.92 Å². The third-order valence-electron chi connectivity index (χ3n) is 1.73. The van der Waals surface area contributed by atoms with Gasteiger partial charge in [-0.05, 0) is 6.92 Å². The van der Waals surface area contributed by atoms with Gasteiger partial charge in [0.2, 0.25) is 0 Å². The molecule has 0 bridgehead atoms. The van der Waals surface area contributed by atoms with E-state index >= 15 is 0 Å². The largest absolute Gasteiger partial charge is 0.465 e. The number of nitrogens with two attached hydrogens (primary N) is 1. The summed E-state index contributed by atoms with van der Waals surface area (Å²) in [6, 6.07) is -0.650. The Morgan fingerprint density at radius 1 is 1.62 bits per heavy atom. The van der Waals surface area contributed by atoms with Gasteiger partial charge in [-0.25, -0.2) is 0 Å². The lowest BCUT2D eigenvalue weighted by molar-refractivity contribution is -0.147. The van der Waals surface area contributed by atoms with Crippen molar-refractivity contribution < 1.29 is 19.0 Å². The molecule has 2 N–H and O–H groups in total. The van der Waals surface area contributed by atoms with Crippen LogP contribution in [-0.2, 0) is 19.0 Å². The molecule has 1 fully saturated rings. The SMILES string of the molecule is CCOC(=O)[C@@H](N)CC1OCCO1. The number of ether oxygens (including phenoxy) is 3. The fourth-order valence-corrected chi connectivity index (χ4v) is 1.10. The van der Waals surface area contributed by atoms with Gasteiger partial charge in [0.1, 0.15) is 6.04 Å². The predicted molar refractivity (Wildman–Crippen MR) is 44.9 cm³/mol. The zero-order chi connectivity index (χ0) is 9.68. The molecule has 0 aromatic rings. The zero-order valence-corrected chi connectivity index (χ0v) is 7.69. The summed E-state index contributed by atoms with van der Waals surface area (Å²) in [6.07, 6.45) is 0.0122. The summed E-state index contributed by atoms with van der Waals surface area (Å²) >= 11 is 0. The van der Waals surface area contributed by atoms with E-state index in [4.69, 9.17) is 19.9 Å².